The van der Waals surface area contributed by atoms with Crippen LogP contribution in [0.5, 0.6) is 0 Å². The van der Waals surface area contributed by atoms with E-state index in [2.05, 4.69) is 19.2 Å². The average molecular weight is 1170 g/mol. The van der Waals surface area contributed by atoms with E-state index in [0.717, 1.165) is 38.5 Å². The van der Waals surface area contributed by atoms with Gasteiger partial charge >= 0.3 is 7.82 Å². The van der Waals surface area contributed by atoms with E-state index in [1.54, 1.807) is 0 Å². The van der Waals surface area contributed by atoms with Gasteiger partial charge in [0.1, 0.15) is 13.2 Å². The Morgan fingerprint density at radius 3 is 0.827 bits per heavy atom. The molecule has 3 N–H and O–H groups in total. The Morgan fingerprint density at radius 1 is 0.370 bits per heavy atom. The van der Waals surface area contributed by atoms with Crippen LogP contribution in [0.2, 0.25) is 0 Å². The minimum absolute atomic E-state index is 0.0795. The van der Waals surface area contributed by atoms with Crippen molar-refractivity contribution in [3.63, 3.8) is 0 Å². The van der Waals surface area contributed by atoms with Crippen LogP contribution in [0.1, 0.15) is 406 Å². The first-order valence-electron chi connectivity index (χ1n) is 36.9. The van der Waals surface area contributed by atoms with Crippen LogP contribution in [0.15, 0.2) is 0 Å². The summed E-state index contributed by atoms with van der Waals surface area (Å²) < 4.78 is 23.9. The van der Waals surface area contributed by atoms with Crippen molar-refractivity contribution in [2.45, 2.75) is 418 Å². The van der Waals surface area contributed by atoms with Crippen molar-refractivity contribution in [2.75, 3.05) is 40.9 Å². The van der Waals surface area contributed by atoms with Crippen molar-refractivity contribution in [2.24, 2.45) is 0 Å². The van der Waals surface area contributed by atoms with Crippen molar-refractivity contribution < 1.29 is 32.9 Å². The molecule has 486 valence electrons. The summed E-state index contributed by atoms with van der Waals surface area (Å²) in [5, 5.41) is 14.2. The van der Waals surface area contributed by atoms with E-state index in [-0.39, 0.29) is 19.1 Å². The zero-order valence-corrected chi connectivity index (χ0v) is 56.7. The fourth-order valence-electron chi connectivity index (χ4n) is 11.9. The standard InChI is InChI=1S/C72H147N2O6P/c1-6-8-10-12-14-16-18-20-22-24-26-28-30-31-32-33-34-35-36-37-38-39-40-41-42-44-46-48-50-52-54-56-58-60-62-64-66-72(76)73-70(69-80-81(77,78)79-68-67-74(3,4)5)71(75)65-63-61-59-57-55-53-51-49-47-45-43-29-27-25-23-21-19-17-15-13-11-9-7-2/h70-71,75H,6-69H2,1-5H3,(H-,73,76,77,78)/p+1. The van der Waals surface area contributed by atoms with Crippen molar-refractivity contribution in [1.29, 1.82) is 0 Å². The summed E-state index contributed by atoms with van der Waals surface area (Å²) in [6, 6.07) is -0.757. The third-order valence-corrected chi connectivity index (χ3v) is 18.6. The molecule has 9 heteroatoms. The molecule has 0 aliphatic heterocycles. The zero-order chi connectivity index (χ0) is 59.1. The fourth-order valence-corrected chi connectivity index (χ4v) is 12.6. The number of aliphatic hydroxyl groups excluding tert-OH is 1. The van der Waals surface area contributed by atoms with E-state index in [1.165, 1.54) is 340 Å². The minimum atomic E-state index is -4.33. The largest absolute Gasteiger partial charge is 0.472 e. The molecule has 0 aromatic carbocycles. The molecule has 0 bridgehead atoms. The Labute approximate surface area is 508 Å². The monoisotopic (exact) mass is 1170 g/mol. The first-order chi connectivity index (χ1) is 39.5. The summed E-state index contributed by atoms with van der Waals surface area (Å²) >= 11 is 0. The van der Waals surface area contributed by atoms with Crippen molar-refractivity contribution in [3.8, 4) is 0 Å². The zero-order valence-electron chi connectivity index (χ0n) is 55.8. The van der Waals surface area contributed by atoms with Gasteiger partial charge in [-0.25, -0.2) is 4.57 Å². The third-order valence-electron chi connectivity index (χ3n) is 17.6. The third kappa shape index (κ3) is 66.9. The number of phosphoric acid groups is 1. The van der Waals surface area contributed by atoms with Crippen LogP contribution in [0.25, 0.3) is 0 Å². The molecule has 0 saturated heterocycles. The summed E-state index contributed by atoms with van der Waals surface area (Å²) in [6.07, 6.45) is 80.9. The topological polar surface area (TPSA) is 105 Å². The molecular formula is C72H148N2O6P+. The highest BCUT2D eigenvalue weighted by atomic mass is 31.2. The number of unbranched alkanes of at least 4 members (excludes halogenated alkanes) is 57. The van der Waals surface area contributed by atoms with Crippen LogP contribution >= 0.6 is 7.82 Å². The number of rotatable bonds is 70. The van der Waals surface area contributed by atoms with Gasteiger partial charge in [0.05, 0.1) is 39.9 Å². The van der Waals surface area contributed by atoms with Gasteiger partial charge in [-0.1, -0.05) is 386 Å². The molecule has 3 atom stereocenters. The predicted molar refractivity (Wildman–Crippen MR) is 356 cm³/mol. The van der Waals surface area contributed by atoms with Crippen LogP contribution in [-0.2, 0) is 18.4 Å². The number of nitrogens with zero attached hydrogens (tertiary/aromatic N) is 1. The first kappa shape index (κ1) is 80.5. The highest BCUT2D eigenvalue weighted by molar-refractivity contribution is 7.47. The Morgan fingerprint density at radius 2 is 0.593 bits per heavy atom. The number of quaternary nitrogens is 1. The molecule has 0 rings (SSSR count). The van der Waals surface area contributed by atoms with E-state index >= 15 is 0 Å². The lowest BCUT2D eigenvalue weighted by atomic mass is 10.0. The second-order valence-corrected chi connectivity index (χ2v) is 28.5. The van der Waals surface area contributed by atoms with Crippen LogP contribution in [-0.4, -0.2) is 73.4 Å². The van der Waals surface area contributed by atoms with Crippen molar-refractivity contribution >= 4 is 13.7 Å². The number of amides is 1. The lowest BCUT2D eigenvalue weighted by molar-refractivity contribution is -0.870. The molecule has 1 amide bonds. The Bertz CT molecular complexity index is 1280. The average Bonchev–Trinajstić information content (AvgIpc) is 3.43. The normalized spacial score (nSPS) is 13.5. The van der Waals surface area contributed by atoms with Gasteiger partial charge in [-0.05, 0) is 12.8 Å². The molecule has 0 spiro atoms. The molecular weight excluding hydrogens is 1020 g/mol. The molecule has 0 fully saturated rings. The van der Waals surface area contributed by atoms with E-state index < -0.39 is 20.0 Å². The Balaban J connectivity index is 3.90. The molecule has 81 heavy (non-hydrogen) atoms. The van der Waals surface area contributed by atoms with Crippen LogP contribution < -0.4 is 5.32 Å². The van der Waals surface area contributed by atoms with Gasteiger partial charge in [0, 0.05) is 6.42 Å². The molecule has 0 aromatic heterocycles. The second-order valence-electron chi connectivity index (χ2n) is 27.0. The van der Waals surface area contributed by atoms with Crippen molar-refractivity contribution in [1.82, 2.24) is 5.32 Å². The molecule has 8 nitrogen and oxygen atoms in total. The van der Waals surface area contributed by atoms with E-state index in [4.69, 9.17) is 9.05 Å². The number of aliphatic hydroxyl groups is 1. The number of likely N-dealkylation sites (N-methyl/N-ethyl adjacent to an activating group) is 1. The predicted octanol–water partition coefficient (Wildman–Crippen LogP) is 23.5. The molecule has 0 aromatic rings. The van der Waals surface area contributed by atoms with Crippen molar-refractivity contribution in [3.05, 3.63) is 0 Å². The molecule has 0 saturated carbocycles. The summed E-state index contributed by atoms with van der Waals surface area (Å²) in [4.78, 5) is 23.5. The molecule has 3 unspecified atom stereocenters. The summed E-state index contributed by atoms with van der Waals surface area (Å²) in [7, 11) is 1.64. The first-order valence-corrected chi connectivity index (χ1v) is 38.4. The minimum Gasteiger partial charge on any atom is -0.391 e. The van der Waals surface area contributed by atoms with E-state index in [9.17, 15) is 19.4 Å². The van der Waals surface area contributed by atoms with Gasteiger partial charge in [0.25, 0.3) is 0 Å². The maximum Gasteiger partial charge on any atom is 0.472 e. The number of phosphoric ester groups is 1. The quantitative estimate of drug-likeness (QED) is 0.0318. The number of carbonyl (C=O) groups is 1. The number of nitrogens with one attached hydrogen (secondary N) is 1. The molecule has 0 aliphatic rings. The highest BCUT2D eigenvalue weighted by Gasteiger charge is 2.28. The maximum atomic E-state index is 13.1. The Hall–Kier alpha value is -0.500. The summed E-state index contributed by atoms with van der Waals surface area (Å²) in [5.41, 5.74) is 0. The number of carbonyl (C=O) groups excluding carboxylic acids is 1. The SMILES string of the molecule is CCCCCCCCCCCCCCCCCCCCCCCCCCCCCCCCCCCCCCC(=O)NC(COP(=O)(O)OCC[N+](C)(C)C)C(O)CCCCCCCCCCCCCCCCCCCCCCCCC. The lowest BCUT2D eigenvalue weighted by Crippen LogP contribution is -2.46. The maximum absolute atomic E-state index is 13.1. The summed E-state index contributed by atoms with van der Waals surface area (Å²) in [6.45, 7) is 4.97. The molecule has 0 heterocycles. The van der Waals surface area contributed by atoms with Gasteiger partial charge in [-0.2, -0.15) is 0 Å². The van der Waals surface area contributed by atoms with Gasteiger partial charge in [-0.3, -0.25) is 13.8 Å². The smallest absolute Gasteiger partial charge is 0.391 e. The van der Waals surface area contributed by atoms with E-state index in [1.807, 2.05) is 21.1 Å². The fraction of sp³-hybridized carbons (Fsp3) is 0.986. The van der Waals surface area contributed by atoms with Crippen LogP contribution in [0, 0.1) is 0 Å². The lowest BCUT2D eigenvalue weighted by Gasteiger charge is -2.26. The van der Waals surface area contributed by atoms with E-state index in [0.29, 0.717) is 23.9 Å². The summed E-state index contributed by atoms with van der Waals surface area (Å²) in [5.74, 6) is -0.133. The van der Waals surface area contributed by atoms with Crippen LogP contribution in [0.3, 0.4) is 0 Å². The molecule has 0 radical (unpaired) electrons. The highest BCUT2D eigenvalue weighted by Crippen LogP contribution is 2.43. The van der Waals surface area contributed by atoms with Gasteiger partial charge in [-0.15, -0.1) is 0 Å². The molecule has 0 aliphatic carbocycles. The van der Waals surface area contributed by atoms with Gasteiger partial charge in [0.15, 0.2) is 0 Å². The number of hydrogen-bond donors (Lipinski definition) is 3. The second kappa shape index (κ2) is 64.0. The number of hydrogen-bond acceptors (Lipinski definition) is 5. The Kier molecular flexibility index (Phi) is 63.6. The van der Waals surface area contributed by atoms with Gasteiger partial charge in [0.2, 0.25) is 5.91 Å². The van der Waals surface area contributed by atoms with Gasteiger partial charge < -0.3 is 19.8 Å². The van der Waals surface area contributed by atoms with Crippen LogP contribution in [0.4, 0.5) is 0 Å².